The lowest BCUT2D eigenvalue weighted by Gasteiger charge is -2.09. The Balaban J connectivity index is 1.34. The van der Waals surface area contributed by atoms with Crippen molar-refractivity contribution >= 4 is 22.8 Å². The molecule has 180 valence electrons. The molecule has 0 saturated carbocycles. The summed E-state index contributed by atoms with van der Waals surface area (Å²) in [6, 6.07) is 25.9. The van der Waals surface area contributed by atoms with Gasteiger partial charge in [-0.25, -0.2) is 8.78 Å². The zero-order valence-corrected chi connectivity index (χ0v) is 21.0. The number of halogens is 2. The lowest BCUT2D eigenvalue weighted by atomic mass is 9.98. The first-order valence-corrected chi connectivity index (χ1v) is 12.6. The van der Waals surface area contributed by atoms with E-state index in [1.165, 1.54) is 6.07 Å². The molecule has 0 N–H and O–H groups in total. The number of aromatic nitrogens is 3. The van der Waals surface area contributed by atoms with Crippen LogP contribution in [0.2, 0.25) is 0 Å². The number of pyridine rings is 1. The maximum absolute atomic E-state index is 14.4. The molecular weight excluding hydrogens is 484 g/mol. The van der Waals surface area contributed by atoms with E-state index in [2.05, 4.69) is 8.75 Å². The number of hydrogen-bond donors (Lipinski definition) is 0. The molecule has 0 atom stereocenters. The minimum Gasteiger partial charge on any atom is -0.253 e. The van der Waals surface area contributed by atoms with Gasteiger partial charge in [-0.15, -0.1) is 0 Å². The van der Waals surface area contributed by atoms with Crippen LogP contribution >= 0.6 is 11.7 Å². The Bertz CT molecular complexity index is 1630. The van der Waals surface area contributed by atoms with Crippen molar-refractivity contribution in [3.8, 4) is 44.6 Å². The molecule has 37 heavy (non-hydrogen) atoms. The van der Waals surface area contributed by atoms with Gasteiger partial charge in [0.2, 0.25) is 0 Å². The third kappa shape index (κ3) is 4.30. The fraction of sp³-hybridized carbons (Fsp3) is 0.0645. The summed E-state index contributed by atoms with van der Waals surface area (Å²) in [4.78, 5) is 4.73. The summed E-state index contributed by atoms with van der Waals surface area (Å²) in [6.45, 7) is 3.74. The highest BCUT2D eigenvalue weighted by atomic mass is 32.1. The van der Waals surface area contributed by atoms with E-state index in [-0.39, 0.29) is 11.6 Å². The number of benzene rings is 4. The summed E-state index contributed by atoms with van der Waals surface area (Å²) in [6.07, 6.45) is 1.80. The summed E-state index contributed by atoms with van der Waals surface area (Å²) >= 11 is 1.14. The quantitative estimate of drug-likeness (QED) is 0.241. The summed E-state index contributed by atoms with van der Waals surface area (Å²) in [5, 5.41) is 0. The second-order valence-electron chi connectivity index (χ2n) is 9.10. The Hall–Kier alpha value is -4.29. The molecular formula is C31H21F2N3S. The Kier molecular flexibility index (Phi) is 5.81. The zero-order chi connectivity index (χ0) is 25.5. The first kappa shape index (κ1) is 23.1. The van der Waals surface area contributed by atoms with Gasteiger partial charge in [-0.2, -0.15) is 8.75 Å². The molecule has 0 spiro atoms. The van der Waals surface area contributed by atoms with Gasteiger partial charge >= 0.3 is 0 Å². The number of nitrogens with zero attached hydrogens (tertiary/aromatic N) is 3. The molecule has 0 radical (unpaired) electrons. The van der Waals surface area contributed by atoms with Crippen molar-refractivity contribution in [3.05, 3.63) is 114 Å². The van der Waals surface area contributed by atoms with Crippen molar-refractivity contribution in [2.75, 3.05) is 0 Å². The standard InChI is InChI=1S/C31H21F2N3S/c1-18-3-13-24(27(32)15-18)20-5-7-22(8-6-20)26-17-34-29(31-30(26)35-37-36-31)23-11-9-21(10-12-23)25-14-4-19(2)16-28(25)33/h3-17H,1-2H3. The van der Waals surface area contributed by atoms with Gasteiger partial charge in [0.05, 0.1) is 17.4 Å². The Morgan fingerprint density at radius 2 is 1.00 bits per heavy atom. The van der Waals surface area contributed by atoms with Crippen LogP contribution in [0.25, 0.3) is 55.7 Å². The van der Waals surface area contributed by atoms with Gasteiger partial charge in [-0.05, 0) is 53.8 Å². The smallest absolute Gasteiger partial charge is 0.131 e. The van der Waals surface area contributed by atoms with E-state index in [1.807, 2.05) is 74.5 Å². The second-order valence-corrected chi connectivity index (χ2v) is 9.63. The maximum Gasteiger partial charge on any atom is 0.131 e. The topological polar surface area (TPSA) is 38.7 Å². The minimum absolute atomic E-state index is 0.235. The van der Waals surface area contributed by atoms with Gasteiger partial charge in [0.25, 0.3) is 0 Å². The molecule has 2 heterocycles. The molecule has 0 amide bonds. The van der Waals surface area contributed by atoms with Gasteiger partial charge in [-0.1, -0.05) is 72.8 Å². The van der Waals surface area contributed by atoms with Crippen LogP contribution in [-0.4, -0.2) is 13.7 Å². The van der Waals surface area contributed by atoms with Crippen LogP contribution in [0.3, 0.4) is 0 Å². The number of rotatable bonds is 4. The summed E-state index contributed by atoms with van der Waals surface area (Å²) in [5.41, 5.74) is 9.39. The molecule has 6 heteroatoms. The Labute approximate surface area is 217 Å². The largest absolute Gasteiger partial charge is 0.253 e. The van der Waals surface area contributed by atoms with Crippen molar-refractivity contribution < 1.29 is 8.78 Å². The predicted molar refractivity (Wildman–Crippen MR) is 146 cm³/mol. The Morgan fingerprint density at radius 3 is 1.51 bits per heavy atom. The molecule has 6 rings (SSSR count). The van der Waals surface area contributed by atoms with Crippen LogP contribution in [0.15, 0.2) is 91.1 Å². The van der Waals surface area contributed by atoms with E-state index in [4.69, 9.17) is 4.98 Å². The van der Waals surface area contributed by atoms with Crippen molar-refractivity contribution in [3.63, 3.8) is 0 Å². The average molecular weight is 506 g/mol. The van der Waals surface area contributed by atoms with Crippen LogP contribution in [0, 0.1) is 25.5 Å². The molecule has 0 aliphatic rings. The lowest BCUT2D eigenvalue weighted by Crippen LogP contribution is -1.91. The van der Waals surface area contributed by atoms with E-state index >= 15 is 0 Å². The third-order valence-electron chi connectivity index (χ3n) is 6.52. The normalized spacial score (nSPS) is 11.2. The molecule has 0 aliphatic carbocycles. The zero-order valence-electron chi connectivity index (χ0n) is 20.2. The van der Waals surface area contributed by atoms with E-state index in [0.29, 0.717) is 16.6 Å². The number of fused-ring (bicyclic) bond motifs is 1. The highest BCUT2D eigenvalue weighted by Gasteiger charge is 2.16. The van der Waals surface area contributed by atoms with Crippen molar-refractivity contribution in [2.45, 2.75) is 13.8 Å². The predicted octanol–water partition coefficient (Wildman–Crippen LogP) is 8.65. The van der Waals surface area contributed by atoms with Crippen molar-refractivity contribution in [1.29, 1.82) is 0 Å². The summed E-state index contributed by atoms with van der Waals surface area (Å²) in [7, 11) is 0. The molecule has 6 aromatic rings. The third-order valence-corrected chi connectivity index (χ3v) is 7.04. The fourth-order valence-electron chi connectivity index (χ4n) is 4.54. The van der Waals surface area contributed by atoms with Crippen LogP contribution in [0.5, 0.6) is 0 Å². The molecule has 0 bridgehead atoms. The highest BCUT2D eigenvalue weighted by molar-refractivity contribution is 7.00. The number of hydrogen-bond acceptors (Lipinski definition) is 4. The van der Waals surface area contributed by atoms with E-state index in [1.54, 1.807) is 24.4 Å². The molecule has 4 aromatic carbocycles. The van der Waals surface area contributed by atoms with Gasteiger partial charge in [0.1, 0.15) is 22.7 Å². The van der Waals surface area contributed by atoms with Crippen molar-refractivity contribution in [1.82, 2.24) is 13.7 Å². The summed E-state index contributed by atoms with van der Waals surface area (Å²) < 4.78 is 38.0. The maximum atomic E-state index is 14.4. The van der Waals surface area contributed by atoms with Crippen molar-refractivity contribution in [2.24, 2.45) is 0 Å². The Morgan fingerprint density at radius 1 is 0.541 bits per heavy atom. The van der Waals surface area contributed by atoms with Gasteiger partial charge in [0, 0.05) is 28.5 Å². The van der Waals surface area contributed by atoms with Crippen LogP contribution < -0.4 is 0 Å². The lowest BCUT2D eigenvalue weighted by molar-refractivity contribution is 0.629. The first-order valence-electron chi connectivity index (χ1n) is 11.8. The highest BCUT2D eigenvalue weighted by Crippen LogP contribution is 2.35. The van der Waals surface area contributed by atoms with E-state index in [9.17, 15) is 8.78 Å². The molecule has 2 aromatic heterocycles. The second kappa shape index (κ2) is 9.30. The van der Waals surface area contributed by atoms with Crippen LogP contribution in [-0.2, 0) is 0 Å². The van der Waals surface area contributed by atoms with E-state index < -0.39 is 0 Å². The minimum atomic E-state index is -0.238. The first-order chi connectivity index (χ1) is 18.0. The molecule has 0 saturated heterocycles. The fourth-order valence-corrected chi connectivity index (χ4v) is 5.10. The molecule has 0 fully saturated rings. The summed E-state index contributed by atoms with van der Waals surface area (Å²) in [5.74, 6) is -0.474. The van der Waals surface area contributed by atoms with E-state index in [0.717, 1.165) is 61.9 Å². The van der Waals surface area contributed by atoms with Crippen LogP contribution in [0.1, 0.15) is 11.1 Å². The van der Waals surface area contributed by atoms with Gasteiger partial charge in [0.15, 0.2) is 0 Å². The van der Waals surface area contributed by atoms with Crippen LogP contribution in [0.4, 0.5) is 8.78 Å². The molecule has 3 nitrogen and oxygen atoms in total. The molecule has 0 unspecified atom stereocenters. The monoisotopic (exact) mass is 505 g/mol. The van der Waals surface area contributed by atoms with Gasteiger partial charge < -0.3 is 0 Å². The molecule has 0 aliphatic heterocycles. The SMILES string of the molecule is Cc1ccc(-c2ccc(-c3cnc(-c4ccc(-c5ccc(C)cc5F)cc4)c4nsnc34)cc2)c(F)c1. The average Bonchev–Trinajstić information content (AvgIpc) is 3.39. The van der Waals surface area contributed by atoms with Gasteiger partial charge in [-0.3, -0.25) is 4.98 Å². The number of aryl methyl sites for hydroxylation is 2.